The molecular formula is C27H20N4O9S3. The minimum atomic E-state index is -4.82. The predicted molar refractivity (Wildman–Crippen MR) is 157 cm³/mol. The van der Waals surface area contributed by atoms with Crippen LogP contribution in [0.15, 0.2) is 120 Å². The third kappa shape index (κ3) is 6.19. The van der Waals surface area contributed by atoms with Gasteiger partial charge in [-0.15, -0.1) is 20.5 Å². The Labute approximate surface area is 245 Å². The molecule has 0 aliphatic carbocycles. The van der Waals surface area contributed by atoms with E-state index in [1.807, 2.05) is 0 Å². The zero-order chi connectivity index (χ0) is 31.2. The summed E-state index contributed by atoms with van der Waals surface area (Å²) in [7, 11) is -14.0. The minimum Gasteiger partial charge on any atom is -0.282 e. The molecule has 5 rings (SSSR count). The number of hydrogen-bond donors (Lipinski definition) is 3. The van der Waals surface area contributed by atoms with Crippen LogP contribution < -0.4 is 0 Å². The Morgan fingerprint density at radius 3 is 1.51 bits per heavy atom. The van der Waals surface area contributed by atoms with Gasteiger partial charge in [0.2, 0.25) is 0 Å². The van der Waals surface area contributed by atoms with Gasteiger partial charge in [-0.25, -0.2) is 0 Å². The van der Waals surface area contributed by atoms with Crippen LogP contribution in [-0.2, 0) is 30.4 Å². The van der Waals surface area contributed by atoms with E-state index in [1.165, 1.54) is 18.2 Å². The predicted octanol–water partition coefficient (Wildman–Crippen LogP) is 6.87. The summed E-state index contributed by atoms with van der Waals surface area (Å²) in [5, 5.41) is 18.4. The molecular weight excluding hydrogens is 621 g/mol. The van der Waals surface area contributed by atoms with Crippen LogP contribution in [0.1, 0.15) is 5.56 Å². The van der Waals surface area contributed by atoms with Crippen molar-refractivity contribution in [2.75, 3.05) is 0 Å². The van der Waals surface area contributed by atoms with Crippen molar-refractivity contribution in [3.63, 3.8) is 0 Å². The molecule has 0 aliphatic heterocycles. The van der Waals surface area contributed by atoms with E-state index in [2.05, 4.69) is 20.5 Å². The first-order chi connectivity index (χ1) is 20.1. The standard InChI is InChI=1S/C27H20N4O9S3/c1-16-9-11-23(20-7-4-8-26(27(16)20)43(38,39)40)30-28-21-12-13-22(19-6-3-2-5-18(19)21)29-31-24-15-17(41(32,33)34)10-14-25(24)42(35,36)37/h2-15H,1H3,(H,32,33,34)(H,35,36,37)(H,38,39,40). The molecule has 0 saturated carbocycles. The first-order valence-electron chi connectivity index (χ1n) is 12.1. The van der Waals surface area contributed by atoms with Gasteiger partial charge < -0.3 is 0 Å². The second-order valence-corrected chi connectivity index (χ2v) is 13.4. The number of nitrogens with zero attached hydrogens (tertiary/aromatic N) is 4. The first-order valence-corrected chi connectivity index (χ1v) is 16.4. The summed E-state index contributed by atoms with van der Waals surface area (Å²) in [5.41, 5.74) is 1.05. The second-order valence-electron chi connectivity index (χ2n) is 9.18. The number of rotatable bonds is 7. The molecule has 16 heteroatoms. The highest BCUT2D eigenvalue weighted by Gasteiger charge is 2.20. The Kier molecular flexibility index (Phi) is 7.68. The highest BCUT2D eigenvalue weighted by Crippen LogP contribution is 2.38. The largest absolute Gasteiger partial charge is 0.296 e. The smallest absolute Gasteiger partial charge is 0.282 e. The molecule has 0 radical (unpaired) electrons. The van der Waals surface area contributed by atoms with Crippen LogP contribution in [0.25, 0.3) is 21.5 Å². The second kappa shape index (κ2) is 11.0. The van der Waals surface area contributed by atoms with Crippen LogP contribution in [0.2, 0.25) is 0 Å². The molecule has 0 saturated heterocycles. The molecule has 0 aliphatic rings. The van der Waals surface area contributed by atoms with Gasteiger partial charge in [-0.2, -0.15) is 25.3 Å². The number of fused-ring (bicyclic) bond motifs is 2. The maximum absolute atomic E-state index is 11.9. The molecule has 5 aromatic carbocycles. The summed E-state index contributed by atoms with van der Waals surface area (Å²) in [6.45, 7) is 1.70. The van der Waals surface area contributed by atoms with Crippen molar-refractivity contribution in [2.45, 2.75) is 21.6 Å². The summed E-state index contributed by atoms with van der Waals surface area (Å²) >= 11 is 0. The van der Waals surface area contributed by atoms with Crippen LogP contribution in [0.3, 0.4) is 0 Å². The van der Waals surface area contributed by atoms with Gasteiger partial charge >= 0.3 is 0 Å². The van der Waals surface area contributed by atoms with Gasteiger partial charge in [-0.1, -0.05) is 42.5 Å². The monoisotopic (exact) mass is 640 g/mol. The maximum Gasteiger partial charge on any atom is 0.296 e. The molecule has 0 unspecified atom stereocenters. The fourth-order valence-electron chi connectivity index (χ4n) is 4.44. The van der Waals surface area contributed by atoms with Crippen molar-refractivity contribution in [1.29, 1.82) is 0 Å². The molecule has 0 aromatic heterocycles. The average molecular weight is 641 g/mol. The molecule has 220 valence electrons. The summed E-state index contributed by atoms with van der Waals surface area (Å²) < 4.78 is 99.2. The fraction of sp³-hybridized carbons (Fsp3) is 0.0370. The molecule has 13 nitrogen and oxygen atoms in total. The van der Waals surface area contributed by atoms with Crippen molar-refractivity contribution in [3.05, 3.63) is 90.5 Å². The summed E-state index contributed by atoms with van der Waals surface area (Å²) in [5.74, 6) is 0. The molecule has 0 amide bonds. The SMILES string of the molecule is Cc1ccc(N=Nc2ccc(N=Nc3cc(S(=O)(=O)O)ccc3S(=O)(=O)O)c3ccccc23)c2cccc(S(=O)(=O)O)c12. The normalized spacial score (nSPS) is 13.0. The third-order valence-electron chi connectivity index (χ3n) is 6.38. The average Bonchev–Trinajstić information content (AvgIpc) is 2.94. The quantitative estimate of drug-likeness (QED) is 0.125. The summed E-state index contributed by atoms with van der Waals surface area (Å²) in [6.07, 6.45) is 0. The molecule has 43 heavy (non-hydrogen) atoms. The Bertz CT molecular complexity index is 2340. The minimum absolute atomic E-state index is 0.228. The van der Waals surface area contributed by atoms with Gasteiger partial charge in [-0.05, 0) is 55.0 Å². The van der Waals surface area contributed by atoms with E-state index < -0.39 is 45.8 Å². The molecule has 5 aromatic rings. The number of azo groups is 2. The van der Waals surface area contributed by atoms with Crippen LogP contribution in [-0.4, -0.2) is 38.9 Å². The van der Waals surface area contributed by atoms with Crippen molar-refractivity contribution in [1.82, 2.24) is 0 Å². The van der Waals surface area contributed by atoms with Crippen molar-refractivity contribution in [3.8, 4) is 0 Å². The van der Waals surface area contributed by atoms with Gasteiger partial charge in [0.15, 0.2) is 0 Å². The van der Waals surface area contributed by atoms with Crippen molar-refractivity contribution < 1.29 is 38.9 Å². The van der Waals surface area contributed by atoms with Crippen LogP contribution in [0.4, 0.5) is 22.7 Å². The lowest BCUT2D eigenvalue weighted by molar-refractivity contribution is 0.478. The Hall–Kier alpha value is -4.45. The number of hydrogen-bond acceptors (Lipinski definition) is 10. The highest BCUT2D eigenvalue weighted by atomic mass is 32.2. The summed E-state index contributed by atoms with van der Waals surface area (Å²) in [4.78, 5) is -1.62. The van der Waals surface area contributed by atoms with E-state index in [0.29, 0.717) is 38.5 Å². The summed E-state index contributed by atoms with van der Waals surface area (Å²) in [6, 6.07) is 20.0. The van der Waals surface area contributed by atoms with E-state index in [-0.39, 0.29) is 10.6 Å². The van der Waals surface area contributed by atoms with E-state index in [4.69, 9.17) is 0 Å². The van der Waals surface area contributed by atoms with E-state index >= 15 is 0 Å². The molecule has 0 fully saturated rings. The maximum atomic E-state index is 11.9. The topological polar surface area (TPSA) is 213 Å². The van der Waals surface area contributed by atoms with Gasteiger partial charge in [0, 0.05) is 21.5 Å². The number of benzene rings is 5. The number of aryl methyl sites for hydroxylation is 1. The van der Waals surface area contributed by atoms with Gasteiger partial charge in [-0.3, -0.25) is 13.7 Å². The zero-order valence-electron chi connectivity index (χ0n) is 21.9. The fourth-order valence-corrected chi connectivity index (χ4v) is 6.33. The lowest BCUT2D eigenvalue weighted by Gasteiger charge is -2.09. The van der Waals surface area contributed by atoms with Crippen LogP contribution in [0.5, 0.6) is 0 Å². The zero-order valence-corrected chi connectivity index (χ0v) is 24.3. The molecule has 0 heterocycles. The van der Waals surface area contributed by atoms with E-state index in [0.717, 1.165) is 18.2 Å². The Balaban J connectivity index is 1.59. The first kappa shape index (κ1) is 30.0. The van der Waals surface area contributed by atoms with Gasteiger partial charge in [0.05, 0.1) is 22.0 Å². The Morgan fingerprint density at radius 1 is 0.488 bits per heavy atom. The van der Waals surface area contributed by atoms with E-state index in [1.54, 1.807) is 55.5 Å². The van der Waals surface area contributed by atoms with Crippen molar-refractivity contribution >= 4 is 74.6 Å². The van der Waals surface area contributed by atoms with Gasteiger partial charge in [0.25, 0.3) is 30.4 Å². The lowest BCUT2D eigenvalue weighted by atomic mass is 10.0. The van der Waals surface area contributed by atoms with E-state index in [9.17, 15) is 38.9 Å². The van der Waals surface area contributed by atoms with Crippen LogP contribution >= 0.6 is 0 Å². The van der Waals surface area contributed by atoms with Gasteiger partial charge in [0.1, 0.15) is 15.5 Å². The molecule has 0 atom stereocenters. The lowest BCUT2D eigenvalue weighted by Crippen LogP contribution is -2.02. The third-order valence-corrected chi connectivity index (χ3v) is 9.03. The Morgan fingerprint density at radius 2 is 0.977 bits per heavy atom. The molecule has 0 bridgehead atoms. The highest BCUT2D eigenvalue weighted by molar-refractivity contribution is 7.86. The molecule has 0 spiro atoms. The molecule has 3 N–H and O–H groups in total. The van der Waals surface area contributed by atoms with Crippen LogP contribution in [0, 0.1) is 6.92 Å². The van der Waals surface area contributed by atoms with Crippen molar-refractivity contribution in [2.24, 2.45) is 20.5 Å².